The topological polar surface area (TPSA) is 82.9 Å². The predicted molar refractivity (Wildman–Crippen MR) is 141 cm³/mol. The molecule has 0 N–H and O–H groups in total. The van der Waals surface area contributed by atoms with Crippen LogP contribution in [0.15, 0.2) is 59.5 Å². The molecule has 11 heteroatoms. The Morgan fingerprint density at radius 3 is 2.42 bits per heavy atom. The average Bonchev–Trinajstić information content (AvgIpc) is 3.25. The van der Waals surface area contributed by atoms with Gasteiger partial charge in [-0.3, -0.25) is 4.90 Å². The van der Waals surface area contributed by atoms with Gasteiger partial charge in [-0.15, -0.1) is 11.3 Å². The predicted octanol–water partition coefficient (Wildman–Crippen LogP) is 5.20. The molecule has 7 nitrogen and oxygen atoms in total. The van der Waals surface area contributed by atoms with E-state index in [1.807, 2.05) is 36.4 Å². The first kappa shape index (κ1) is 26.9. The van der Waals surface area contributed by atoms with Crippen molar-refractivity contribution in [3.8, 4) is 11.8 Å². The maximum Gasteiger partial charge on any atom is 0.245 e. The number of hydrogen-bond acceptors (Lipinski definition) is 7. The fourth-order valence-corrected chi connectivity index (χ4v) is 7.53. The lowest BCUT2D eigenvalue weighted by atomic mass is 10.1. The van der Waals surface area contributed by atoms with E-state index in [-0.39, 0.29) is 15.3 Å². The second-order valence-corrected chi connectivity index (χ2v) is 12.5. The maximum absolute atomic E-state index is 13.1. The van der Waals surface area contributed by atoms with Crippen molar-refractivity contribution < 1.29 is 17.9 Å². The monoisotopic (exact) mass is 565 g/mol. The van der Waals surface area contributed by atoms with Crippen LogP contribution in [-0.4, -0.2) is 57.5 Å². The molecule has 2 heterocycles. The molecule has 1 unspecified atom stereocenters. The Morgan fingerprint density at radius 1 is 1.08 bits per heavy atom. The number of benzene rings is 2. The zero-order valence-electron chi connectivity index (χ0n) is 19.6. The second-order valence-electron chi connectivity index (χ2n) is 8.28. The second kappa shape index (κ2) is 11.9. The molecule has 3 aromatic rings. The Kier molecular flexibility index (Phi) is 8.91. The van der Waals surface area contributed by atoms with E-state index >= 15 is 0 Å². The number of rotatable bonds is 9. The van der Waals surface area contributed by atoms with E-state index in [2.05, 4.69) is 11.0 Å². The lowest BCUT2D eigenvalue weighted by molar-refractivity contribution is 0.00763. The number of nitriles is 1. The van der Waals surface area contributed by atoms with Gasteiger partial charge < -0.3 is 9.47 Å². The molecule has 0 aliphatic carbocycles. The Hall–Kier alpha value is -2.16. The molecule has 36 heavy (non-hydrogen) atoms. The Balaban J connectivity index is 1.44. The number of ether oxygens (including phenoxy) is 2. The molecular formula is C25H25Cl2N3O4S2. The van der Waals surface area contributed by atoms with Gasteiger partial charge >= 0.3 is 0 Å². The van der Waals surface area contributed by atoms with Gasteiger partial charge in [-0.05, 0) is 41.5 Å². The Labute approximate surface area is 225 Å². The van der Waals surface area contributed by atoms with Crippen molar-refractivity contribution in [1.82, 2.24) is 9.21 Å². The van der Waals surface area contributed by atoms with Crippen LogP contribution in [0.4, 0.5) is 0 Å². The fourth-order valence-electron chi connectivity index (χ4n) is 4.00. The number of halogens is 2. The van der Waals surface area contributed by atoms with E-state index in [0.29, 0.717) is 49.2 Å². The van der Waals surface area contributed by atoms with Crippen LogP contribution in [0.25, 0.3) is 0 Å². The van der Waals surface area contributed by atoms with Crippen LogP contribution < -0.4 is 4.74 Å². The van der Waals surface area contributed by atoms with E-state index in [1.165, 1.54) is 10.4 Å². The summed E-state index contributed by atoms with van der Waals surface area (Å²) in [6, 6.07) is 18.6. The largest absolute Gasteiger partial charge is 0.497 e. The van der Waals surface area contributed by atoms with Gasteiger partial charge in [0.25, 0.3) is 0 Å². The van der Waals surface area contributed by atoms with E-state index in [4.69, 9.17) is 37.9 Å². The average molecular weight is 567 g/mol. The van der Waals surface area contributed by atoms with Gasteiger partial charge in [-0.2, -0.15) is 9.57 Å². The third kappa shape index (κ3) is 6.39. The van der Waals surface area contributed by atoms with Crippen LogP contribution in [0.1, 0.15) is 22.8 Å². The molecule has 1 saturated heterocycles. The molecule has 1 aromatic heterocycles. The standard InChI is InChI=1S/C25H25Cl2N3O4S2/c1-33-21-4-2-3-20(13-21)22(34-17-19-7-5-18(15-28)6-8-19)16-29-9-11-30(12-10-29)36(31,32)23-14-24(26)35-25(23)27/h2-8,13-14,22H,9-12,16-17H2,1H3. The Bertz CT molecular complexity index is 1330. The molecule has 4 rings (SSSR count). The summed E-state index contributed by atoms with van der Waals surface area (Å²) in [5, 5.41) is 9.02. The first-order valence-corrected chi connectivity index (χ1v) is 14.2. The van der Waals surface area contributed by atoms with Crippen molar-refractivity contribution in [2.24, 2.45) is 0 Å². The van der Waals surface area contributed by atoms with Crippen molar-refractivity contribution in [2.45, 2.75) is 17.6 Å². The van der Waals surface area contributed by atoms with Crippen LogP contribution in [0.5, 0.6) is 5.75 Å². The lowest BCUT2D eigenvalue weighted by Gasteiger charge is -2.35. The van der Waals surface area contributed by atoms with Gasteiger partial charge in [-0.25, -0.2) is 8.42 Å². The number of methoxy groups -OCH3 is 1. The zero-order chi connectivity index (χ0) is 25.7. The molecular weight excluding hydrogens is 541 g/mol. The SMILES string of the molecule is COc1cccc(C(CN2CCN(S(=O)(=O)c3cc(Cl)sc3Cl)CC2)OCc2ccc(C#N)cc2)c1. The highest BCUT2D eigenvalue weighted by Crippen LogP contribution is 2.36. The number of piperazine rings is 1. The molecule has 2 aromatic carbocycles. The zero-order valence-corrected chi connectivity index (χ0v) is 22.7. The first-order valence-electron chi connectivity index (χ1n) is 11.2. The number of sulfonamides is 1. The number of thiophene rings is 1. The summed E-state index contributed by atoms with van der Waals surface area (Å²) in [4.78, 5) is 2.25. The summed E-state index contributed by atoms with van der Waals surface area (Å²) in [6.07, 6.45) is -0.260. The smallest absolute Gasteiger partial charge is 0.245 e. The van der Waals surface area contributed by atoms with Crippen LogP contribution in [0, 0.1) is 11.3 Å². The quantitative estimate of drug-likeness (QED) is 0.354. The summed E-state index contributed by atoms with van der Waals surface area (Å²) in [5.41, 5.74) is 2.53. The van der Waals surface area contributed by atoms with Gasteiger partial charge in [0.15, 0.2) is 0 Å². The van der Waals surface area contributed by atoms with E-state index < -0.39 is 10.0 Å². The highest BCUT2D eigenvalue weighted by molar-refractivity contribution is 7.89. The summed E-state index contributed by atoms with van der Waals surface area (Å²) >= 11 is 13.1. The number of nitrogens with zero attached hydrogens (tertiary/aromatic N) is 3. The van der Waals surface area contributed by atoms with Crippen LogP contribution in [-0.2, 0) is 21.4 Å². The molecule has 0 radical (unpaired) electrons. The van der Waals surface area contributed by atoms with Gasteiger partial charge in [0.2, 0.25) is 10.0 Å². The maximum atomic E-state index is 13.1. The van der Waals surface area contributed by atoms with Crippen molar-refractivity contribution in [3.05, 3.63) is 80.0 Å². The molecule has 0 spiro atoms. The Morgan fingerprint density at radius 2 is 1.81 bits per heavy atom. The van der Waals surface area contributed by atoms with Crippen molar-refractivity contribution >= 4 is 44.6 Å². The minimum Gasteiger partial charge on any atom is -0.497 e. The van der Waals surface area contributed by atoms with E-state index in [1.54, 1.807) is 19.2 Å². The molecule has 190 valence electrons. The van der Waals surface area contributed by atoms with E-state index in [9.17, 15) is 8.42 Å². The fraction of sp³-hybridized carbons (Fsp3) is 0.320. The summed E-state index contributed by atoms with van der Waals surface area (Å²) in [5.74, 6) is 0.738. The highest BCUT2D eigenvalue weighted by atomic mass is 35.5. The molecule has 1 atom stereocenters. The molecule has 0 amide bonds. The lowest BCUT2D eigenvalue weighted by Crippen LogP contribution is -2.49. The third-order valence-electron chi connectivity index (χ3n) is 6.00. The minimum absolute atomic E-state index is 0.0626. The molecule has 0 saturated carbocycles. The summed E-state index contributed by atoms with van der Waals surface area (Å²) in [7, 11) is -2.08. The third-order valence-corrected chi connectivity index (χ3v) is 9.65. The van der Waals surface area contributed by atoms with Gasteiger partial charge in [-0.1, -0.05) is 47.5 Å². The van der Waals surface area contributed by atoms with Crippen molar-refractivity contribution in [2.75, 3.05) is 39.8 Å². The minimum atomic E-state index is -3.71. The van der Waals surface area contributed by atoms with Gasteiger partial charge in [0, 0.05) is 32.7 Å². The van der Waals surface area contributed by atoms with Crippen molar-refractivity contribution in [3.63, 3.8) is 0 Å². The van der Waals surface area contributed by atoms with Crippen LogP contribution >= 0.6 is 34.5 Å². The van der Waals surface area contributed by atoms with Crippen LogP contribution in [0.2, 0.25) is 8.67 Å². The normalized spacial score (nSPS) is 15.9. The molecule has 0 bridgehead atoms. The number of hydrogen-bond donors (Lipinski definition) is 0. The first-order chi connectivity index (χ1) is 17.3. The highest BCUT2D eigenvalue weighted by Gasteiger charge is 2.32. The van der Waals surface area contributed by atoms with Gasteiger partial charge in [0.05, 0.1) is 35.8 Å². The summed E-state index contributed by atoms with van der Waals surface area (Å²) < 4.78 is 39.8. The van der Waals surface area contributed by atoms with Crippen LogP contribution in [0.3, 0.4) is 0 Å². The van der Waals surface area contributed by atoms with E-state index in [0.717, 1.165) is 28.2 Å². The van der Waals surface area contributed by atoms with Crippen molar-refractivity contribution in [1.29, 1.82) is 5.26 Å². The van der Waals surface area contributed by atoms with Gasteiger partial charge in [0.1, 0.15) is 15.0 Å². The molecule has 1 aliphatic rings. The molecule has 1 fully saturated rings. The summed E-state index contributed by atoms with van der Waals surface area (Å²) in [6.45, 7) is 2.74. The molecule has 1 aliphatic heterocycles.